The van der Waals surface area contributed by atoms with E-state index in [1.165, 1.54) is 4.31 Å². The van der Waals surface area contributed by atoms with Crippen LogP contribution in [0.25, 0.3) is 0 Å². The van der Waals surface area contributed by atoms with Gasteiger partial charge in [-0.15, -0.1) is 0 Å². The van der Waals surface area contributed by atoms with Crippen molar-refractivity contribution in [3.63, 3.8) is 0 Å². The Morgan fingerprint density at radius 2 is 1.88 bits per heavy atom. The van der Waals surface area contributed by atoms with Gasteiger partial charge in [0.05, 0.1) is 24.6 Å². The van der Waals surface area contributed by atoms with Gasteiger partial charge in [-0.05, 0) is 50.1 Å². The monoisotopic (exact) mass is 462 g/mol. The number of rotatable bonds is 10. The number of carbonyl (C=O) groups is 1. The van der Waals surface area contributed by atoms with Crippen LogP contribution >= 0.6 is 0 Å². The molecule has 0 saturated heterocycles. The van der Waals surface area contributed by atoms with Gasteiger partial charge < -0.3 is 19.5 Å². The van der Waals surface area contributed by atoms with Gasteiger partial charge in [-0.25, -0.2) is 8.42 Å². The highest BCUT2D eigenvalue weighted by Gasteiger charge is 2.21. The molecule has 8 nitrogen and oxygen atoms in total. The third kappa shape index (κ3) is 6.06. The summed E-state index contributed by atoms with van der Waals surface area (Å²) in [5.41, 5.74) is 1.38. The minimum atomic E-state index is -3.54. The fourth-order valence-electron chi connectivity index (χ4n) is 3.52. The first-order valence-corrected chi connectivity index (χ1v) is 12.5. The fourth-order valence-corrected chi connectivity index (χ4v) is 4.48. The number of ether oxygens (including phenoxy) is 3. The van der Waals surface area contributed by atoms with Crippen LogP contribution in [0.3, 0.4) is 0 Å². The van der Waals surface area contributed by atoms with E-state index in [9.17, 15) is 13.2 Å². The lowest BCUT2D eigenvalue weighted by atomic mass is 10.1. The fraction of sp³-hybridized carbons (Fsp3) is 0.435. The Morgan fingerprint density at radius 3 is 2.59 bits per heavy atom. The summed E-state index contributed by atoms with van der Waals surface area (Å²) in [4.78, 5) is 12.5. The largest absolute Gasteiger partial charge is 0.492 e. The van der Waals surface area contributed by atoms with Crippen molar-refractivity contribution in [2.75, 3.05) is 36.9 Å². The minimum absolute atomic E-state index is 0.154. The molecule has 0 saturated carbocycles. The Morgan fingerprint density at radius 1 is 1.16 bits per heavy atom. The second-order valence-corrected chi connectivity index (χ2v) is 9.44. The number of hydrogen-bond acceptors (Lipinski definition) is 6. The van der Waals surface area contributed by atoms with E-state index in [0.717, 1.165) is 11.8 Å². The molecule has 9 heteroatoms. The Kier molecular flexibility index (Phi) is 7.84. The predicted molar refractivity (Wildman–Crippen MR) is 123 cm³/mol. The predicted octanol–water partition coefficient (Wildman–Crippen LogP) is 3.28. The standard InChI is InChI=1S/C23H30N2O6S/c1-4-29-20-9-6-5-8-19(20)25(32(3,27)28)13-7-10-23(26)24-17(2)18-11-12-21-22(16-18)31-15-14-30-21/h5-6,8-9,11-12,16-17H,4,7,10,13-15H2,1-3H3,(H,24,26)/t17-/m1/s1. The van der Waals surface area contributed by atoms with Crippen molar-refractivity contribution in [1.82, 2.24) is 5.32 Å². The quantitative estimate of drug-likeness (QED) is 0.582. The number of carbonyl (C=O) groups excluding carboxylic acids is 1. The van der Waals surface area contributed by atoms with Gasteiger partial charge in [-0.1, -0.05) is 18.2 Å². The molecule has 0 bridgehead atoms. The summed E-state index contributed by atoms with van der Waals surface area (Å²) < 4.78 is 42.8. The van der Waals surface area contributed by atoms with E-state index in [2.05, 4.69) is 5.32 Å². The molecule has 32 heavy (non-hydrogen) atoms. The maximum absolute atomic E-state index is 12.5. The Bertz CT molecular complexity index is 1040. The number of benzene rings is 2. The molecule has 0 fully saturated rings. The van der Waals surface area contributed by atoms with E-state index in [1.54, 1.807) is 24.3 Å². The zero-order chi connectivity index (χ0) is 23.1. The van der Waals surface area contributed by atoms with Gasteiger partial charge in [0, 0.05) is 13.0 Å². The molecule has 1 aliphatic heterocycles. The van der Waals surface area contributed by atoms with Crippen molar-refractivity contribution in [2.45, 2.75) is 32.7 Å². The number of nitrogens with one attached hydrogen (secondary N) is 1. The second kappa shape index (κ2) is 10.6. The molecule has 2 aromatic rings. The molecular formula is C23H30N2O6S. The molecule has 1 atom stereocenters. The summed E-state index contributed by atoms with van der Waals surface area (Å²) in [6, 6.07) is 12.4. The Balaban J connectivity index is 1.59. The minimum Gasteiger partial charge on any atom is -0.492 e. The van der Waals surface area contributed by atoms with Crippen molar-refractivity contribution < 1.29 is 27.4 Å². The first-order valence-electron chi connectivity index (χ1n) is 10.7. The highest BCUT2D eigenvalue weighted by Crippen LogP contribution is 2.33. The van der Waals surface area contributed by atoms with Crippen LogP contribution in [0, 0.1) is 0 Å². The molecule has 1 N–H and O–H groups in total. The lowest BCUT2D eigenvalue weighted by Gasteiger charge is -2.24. The summed E-state index contributed by atoms with van der Waals surface area (Å²) in [7, 11) is -3.54. The van der Waals surface area contributed by atoms with E-state index in [0.29, 0.717) is 49.2 Å². The van der Waals surface area contributed by atoms with Crippen molar-refractivity contribution in [2.24, 2.45) is 0 Å². The van der Waals surface area contributed by atoms with Gasteiger partial charge in [0.1, 0.15) is 19.0 Å². The van der Waals surface area contributed by atoms with Gasteiger partial charge in [0.15, 0.2) is 11.5 Å². The number of sulfonamides is 1. The molecule has 1 heterocycles. The van der Waals surface area contributed by atoms with Crippen LogP contribution in [0.1, 0.15) is 38.3 Å². The molecule has 0 spiro atoms. The highest BCUT2D eigenvalue weighted by molar-refractivity contribution is 7.92. The lowest BCUT2D eigenvalue weighted by Crippen LogP contribution is -2.33. The maximum Gasteiger partial charge on any atom is 0.232 e. The van der Waals surface area contributed by atoms with Crippen LogP contribution in [0.4, 0.5) is 5.69 Å². The lowest BCUT2D eigenvalue weighted by molar-refractivity contribution is -0.121. The van der Waals surface area contributed by atoms with Crippen LogP contribution in [-0.2, 0) is 14.8 Å². The first-order chi connectivity index (χ1) is 15.3. The molecule has 3 rings (SSSR count). The molecule has 174 valence electrons. The smallest absolute Gasteiger partial charge is 0.232 e. The zero-order valence-electron chi connectivity index (χ0n) is 18.7. The summed E-state index contributed by atoms with van der Waals surface area (Å²) in [6.45, 7) is 5.36. The summed E-state index contributed by atoms with van der Waals surface area (Å²) in [5.74, 6) is 1.72. The van der Waals surface area contributed by atoms with Gasteiger partial charge >= 0.3 is 0 Å². The van der Waals surface area contributed by atoms with Crippen LogP contribution in [0.2, 0.25) is 0 Å². The van der Waals surface area contributed by atoms with Crippen molar-refractivity contribution in [1.29, 1.82) is 0 Å². The van der Waals surface area contributed by atoms with Crippen LogP contribution < -0.4 is 23.8 Å². The van der Waals surface area contributed by atoms with Gasteiger partial charge in [0.25, 0.3) is 0 Å². The van der Waals surface area contributed by atoms with E-state index >= 15 is 0 Å². The Labute approximate surface area is 189 Å². The summed E-state index contributed by atoms with van der Waals surface area (Å²) in [6.07, 6.45) is 1.71. The number of hydrogen-bond donors (Lipinski definition) is 1. The molecule has 0 radical (unpaired) electrons. The van der Waals surface area contributed by atoms with Crippen molar-refractivity contribution in [3.8, 4) is 17.2 Å². The zero-order valence-corrected chi connectivity index (χ0v) is 19.5. The molecular weight excluding hydrogens is 432 g/mol. The van der Waals surface area contributed by atoms with E-state index in [1.807, 2.05) is 32.0 Å². The number of anilines is 1. The third-order valence-electron chi connectivity index (χ3n) is 5.04. The van der Waals surface area contributed by atoms with Gasteiger partial charge in [-0.2, -0.15) is 0 Å². The number of nitrogens with zero attached hydrogens (tertiary/aromatic N) is 1. The average molecular weight is 463 g/mol. The van der Waals surface area contributed by atoms with Crippen molar-refractivity contribution >= 4 is 21.6 Å². The molecule has 1 aliphatic rings. The summed E-state index contributed by atoms with van der Waals surface area (Å²) >= 11 is 0. The molecule has 1 amide bonds. The van der Waals surface area contributed by atoms with Crippen LogP contribution in [0.5, 0.6) is 17.2 Å². The van der Waals surface area contributed by atoms with Crippen LogP contribution in [0.15, 0.2) is 42.5 Å². The number of para-hydroxylation sites is 2. The molecule has 0 unspecified atom stereocenters. The van der Waals surface area contributed by atoms with E-state index in [4.69, 9.17) is 14.2 Å². The maximum atomic E-state index is 12.5. The van der Waals surface area contributed by atoms with Crippen LogP contribution in [-0.4, -0.2) is 46.9 Å². The molecule has 2 aromatic carbocycles. The number of amides is 1. The van der Waals surface area contributed by atoms with Gasteiger partial charge in [0.2, 0.25) is 15.9 Å². The van der Waals surface area contributed by atoms with E-state index in [-0.39, 0.29) is 24.9 Å². The SMILES string of the molecule is CCOc1ccccc1N(CCCC(=O)N[C@H](C)c1ccc2c(c1)OCCO2)S(C)(=O)=O. The van der Waals surface area contributed by atoms with E-state index < -0.39 is 10.0 Å². The second-order valence-electron chi connectivity index (χ2n) is 7.53. The first kappa shape index (κ1) is 23.7. The normalized spacial score (nSPS) is 13.8. The third-order valence-corrected chi connectivity index (χ3v) is 6.22. The van der Waals surface area contributed by atoms with Gasteiger partial charge in [-0.3, -0.25) is 9.10 Å². The number of fused-ring (bicyclic) bond motifs is 1. The Hall–Kier alpha value is -2.94. The topological polar surface area (TPSA) is 94.2 Å². The summed E-state index contributed by atoms with van der Waals surface area (Å²) in [5, 5.41) is 2.96. The average Bonchev–Trinajstić information content (AvgIpc) is 2.76. The molecule has 0 aromatic heterocycles. The highest BCUT2D eigenvalue weighted by atomic mass is 32.2. The molecule has 0 aliphatic carbocycles. The van der Waals surface area contributed by atoms with Crippen molar-refractivity contribution in [3.05, 3.63) is 48.0 Å².